The Bertz CT molecular complexity index is 893. The molecule has 0 spiro atoms. The number of hydrogen-bond acceptors (Lipinski definition) is 4. The lowest BCUT2D eigenvalue weighted by Crippen LogP contribution is -2.60. The number of urea groups is 1. The number of hydrogen-bond donors (Lipinski definition) is 4. The van der Waals surface area contributed by atoms with Crippen LogP contribution in [0.2, 0.25) is 0 Å². The summed E-state index contributed by atoms with van der Waals surface area (Å²) in [5.74, 6) is -0.903. The first-order chi connectivity index (χ1) is 15.9. The van der Waals surface area contributed by atoms with E-state index in [1.54, 1.807) is 29.9 Å². The van der Waals surface area contributed by atoms with E-state index in [2.05, 4.69) is 21.3 Å². The number of aromatic nitrogens is 1. The van der Waals surface area contributed by atoms with E-state index in [1.165, 1.54) is 11.3 Å². The largest absolute Gasteiger partial charge is 0.354 e. The van der Waals surface area contributed by atoms with Crippen LogP contribution in [0.25, 0.3) is 0 Å². The fourth-order valence-corrected chi connectivity index (χ4v) is 5.14. The van der Waals surface area contributed by atoms with Gasteiger partial charge in [-0.25, -0.2) is 4.79 Å². The minimum Gasteiger partial charge on any atom is -0.354 e. The van der Waals surface area contributed by atoms with Crippen LogP contribution in [0.3, 0.4) is 0 Å². The summed E-state index contributed by atoms with van der Waals surface area (Å²) in [6.07, 6.45) is 8.86. The number of piperidine rings is 1. The average Bonchev–Trinajstić information content (AvgIpc) is 3.41. The maximum Gasteiger partial charge on any atom is 0.315 e. The van der Waals surface area contributed by atoms with E-state index >= 15 is 0 Å². The predicted octanol–water partition coefficient (Wildman–Crippen LogP) is 0.635. The summed E-state index contributed by atoms with van der Waals surface area (Å²) in [5.41, 5.74) is 0.468. The van der Waals surface area contributed by atoms with Gasteiger partial charge in [-0.3, -0.25) is 14.4 Å². The Balaban J connectivity index is 1.48. The zero-order valence-corrected chi connectivity index (χ0v) is 19.1. The van der Waals surface area contributed by atoms with Crippen molar-refractivity contribution in [2.75, 3.05) is 13.1 Å². The Labute approximate surface area is 193 Å². The lowest BCUT2D eigenvalue weighted by molar-refractivity contribution is -0.132. The smallest absolute Gasteiger partial charge is 0.315 e. The minimum absolute atomic E-state index is 0.138. The highest BCUT2D eigenvalue weighted by molar-refractivity contribution is 5.98. The van der Waals surface area contributed by atoms with Gasteiger partial charge in [0.05, 0.1) is 6.04 Å². The fraction of sp³-hybridized carbons (Fsp3) is 0.652. The molecule has 2 aliphatic heterocycles. The van der Waals surface area contributed by atoms with Crippen LogP contribution < -0.4 is 21.3 Å². The van der Waals surface area contributed by atoms with E-state index in [0.717, 1.165) is 32.1 Å². The molecule has 180 valence electrons. The van der Waals surface area contributed by atoms with E-state index in [4.69, 9.17) is 0 Å². The van der Waals surface area contributed by atoms with Crippen LogP contribution in [0.1, 0.15) is 61.9 Å². The zero-order valence-electron chi connectivity index (χ0n) is 19.1. The van der Waals surface area contributed by atoms with Gasteiger partial charge in [-0.1, -0.05) is 19.3 Å². The van der Waals surface area contributed by atoms with Gasteiger partial charge < -0.3 is 30.7 Å². The maximum atomic E-state index is 13.3. The van der Waals surface area contributed by atoms with Crippen molar-refractivity contribution in [3.8, 4) is 0 Å². The molecule has 3 heterocycles. The third kappa shape index (κ3) is 5.31. The highest BCUT2D eigenvalue weighted by Crippen LogP contribution is 2.23. The molecular formula is C23H34N6O4. The van der Waals surface area contributed by atoms with Crippen molar-refractivity contribution in [3.63, 3.8) is 0 Å². The first kappa shape index (κ1) is 23.1. The molecule has 10 nitrogen and oxygen atoms in total. The van der Waals surface area contributed by atoms with Gasteiger partial charge in [0.1, 0.15) is 17.8 Å². The lowest BCUT2D eigenvalue weighted by atomic mass is 9.96. The summed E-state index contributed by atoms with van der Waals surface area (Å²) in [7, 11) is 1.78. The molecule has 1 aromatic rings. The molecular weight excluding hydrogens is 424 g/mol. The van der Waals surface area contributed by atoms with Crippen LogP contribution in [-0.4, -0.2) is 70.5 Å². The molecule has 10 heteroatoms. The standard InChI is InChI=1S/C23H34N6O4/c1-28-13-6-10-18(28)22(32)29-14-11-16(27-23(33)25-15-7-3-2-4-8-15)19(29)21(31)26-17-9-5-12-24-20(17)30/h6,10,13,15-17,19H,2-5,7-9,11-12,14H2,1H3,(H,24,30)(H,26,31)(H2,25,27,33). The number of likely N-dealkylation sites (tertiary alicyclic amines) is 1. The van der Waals surface area contributed by atoms with Gasteiger partial charge in [-0.2, -0.15) is 0 Å². The number of amides is 5. The molecule has 1 aliphatic carbocycles. The Morgan fingerprint density at radius 1 is 1.00 bits per heavy atom. The molecule has 1 aromatic heterocycles. The molecule has 4 N–H and O–H groups in total. The van der Waals surface area contributed by atoms with Crippen molar-refractivity contribution in [2.45, 2.75) is 75.5 Å². The Hall–Kier alpha value is -3.04. The number of carbonyl (C=O) groups is 4. The second-order valence-electron chi connectivity index (χ2n) is 9.29. The van der Waals surface area contributed by atoms with Gasteiger partial charge in [-0.05, 0) is 44.2 Å². The number of carbonyl (C=O) groups excluding carboxylic acids is 4. The summed E-state index contributed by atoms with van der Waals surface area (Å²) in [5, 5.41) is 11.5. The third-order valence-electron chi connectivity index (χ3n) is 6.95. The Morgan fingerprint density at radius 2 is 1.79 bits per heavy atom. The SMILES string of the molecule is Cn1cccc1C(=O)N1CCC(NC(=O)NC2CCCCC2)C1C(=O)NC1CCCNC1=O. The van der Waals surface area contributed by atoms with E-state index < -0.39 is 24.0 Å². The highest BCUT2D eigenvalue weighted by Gasteiger charge is 2.44. The molecule has 3 aliphatic rings. The van der Waals surface area contributed by atoms with Crippen LogP contribution in [-0.2, 0) is 16.6 Å². The molecule has 33 heavy (non-hydrogen) atoms. The molecule has 1 saturated carbocycles. The monoisotopic (exact) mass is 458 g/mol. The zero-order chi connectivity index (χ0) is 23.4. The van der Waals surface area contributed by atoms with Crippen molar-refractivity contribution >= 4 is 23.8 Å². The van der Waals surface area contributed by atoms with Crippen LogP contribution in [0.4, 0.5) is 4.79 Å². The van der Waals surface area contributed by atoms with Crippen LogP contribution >= 0.6 is 0 Å². The van der Waals surface area contributed by atoms with Crippen LogP contribution in [0.5, 0.6) is 0 Å². The van der Waals surface area contributed by atoms with Gasteiger partial charge >= 0.3 is 6.03 Å². The van der Waals surface area contributed by atoms with Gasteiger partial charge in [0.15, 0.2) is 0 Å². The van der Waals surface area contributed by atoms with Gasteiger partial charge in [0, 0.05) is 32.4 Å². The van der Waals surface area contributed by atoms with Crippen molar-refractivity contribution in [1.82, 2.24) is 30.7 Å². The first-order valence-corrected chi connectivity index (χ1v) is 12.0. The van der Waals surface area contributed by atoms with Crippen molar-refractivity contribution in [3.05, 3.63) is 24.0 Å². The molecule has 5 amide bonds. The summed E-state index contributed by atoms with van der Waals surface area (Å²) in [6, 6.07) is 1.26. The number of rotatable bonds is 5. The molecule has 0 aromatic carbocycles. The number of aryl methyl sites for hydroxylation is 1. The van der Waals surface area contributed by atoms with E-state index in [9.17, 15) is 19.2 Å². The Kier molecular flexibility index (Phi) is 7.20. The summed E-state index contributed by atoms with van der Waals surface area (Å²) in [4.78, 5) is 53.0. The van der Waals surface area contributed by atoms with Crippen LogP contribution in [0.15, 0.2) is 18.3 Å². The first-order valence-electron chi connectivity index (χ1n) is 12.0. The second kappa shape index (κ2) is 10.3. The second-order valence-corrected chi connectivity index (χ2v) is 9.29. The molecule has 3 fully saturated rings. The molecule has 2 saturated heterocycles. The third-order valence-corrected chi connectivity index (χ3v) is 6.95. The predicted molar refractivity (Wildman–Crippen MR) is 121 cm³/mol. The summed E-state index contributed by atoms with van der Waals surface area (Å²) < 4.78 is 1.71. The van der Waals surface area contributed by atoms with Gasteiger partial charge in [0.2, 0.25) is 11.8 Å². The molecule has 4 rings (SSSR count). The lowest BCUT2D eigenvalue weighted by Gasteiger charge is -2.31. The fourth-order valence-electron chi connectivity index (χ4n) is 5.14. The maximum absolute atomic E-state index is 13.3. The van der Waals surface area contributed by atoms with Crippen molar-refractivity contribution < 1.29 is 19.2 Å². The highest BCUT2D eigenvalue weighted by atomic mass is 16.2. The quantitative estimate of drug-likeness (QED) is 0.517. The topological polar surface area (TPSA) is 125 Å². The van der Waals surface area contributed by atoms with E-state index in [-0.39, 0.29) is 23.9 Å². The molecule has 0 radical (unpaired) electrons. The summed E-state index contributed by atoms with van der Waals surface area (Å²) in [6.45, 7) is 0.936. The average molecular weight is 459 g/mol. The Morgan fingerprint density at radius 3 is 2.48 bits per heavy atom. The van der Waals surface area contributed by atoms with E-state index in [1.807, 2.05) is 0 Å². The van der Waals surface area contributed by atoms with Crippen molar-refractivity contribution in [2.24, 2.45) is 7.05 Å². The van der Waals surface area contributed by atoms with Gasteiger partial charge in [0.25, 0.3) is 5.91 Å². The number of nitrogens with zero attached hydrogens (tertiary/aromatic N) is 2. The van der Waals surface area contributed by atoms with Crippen LogP contribution in [0, 0.1) is 0 Å². The normalized spacial score (nSPS) is 25.9. The molecule has 3 unspecified atom stereocenters. The molecule has 0 bridgehead atoms. The minimum atomic E-state index is -0.890. The van der Waals surface area contributed by atoms with Crippen molar-refractivity contribution in [1.29, 1.82) is 0 Å². The molecule has 3 atom stereocenters. The van der Waals surface area contributed by atoms with Gasteiger partial charge in [-0.15, -0.1) is 0 Å². The van der Waals surface area contributed by atoms with E-state index in [0.29, 0.717) is 31.6 Å². The summed E-state index contributed by atoms with van der Waals surface area (Å²) >= 11 is 0. The number of nitrogens with one attached hydrogen (secondary N) is 4.